The molecule has 1 atom stereocenters. The highest BCUT2D eigenvalue weighted by Gasteiger charge is 2.34. The predicted octanol–water partition coefficient (Wildman–Crippen LogP) is 4.11. The molecule has 1 fully saturated rings. The van der Waals surface area contributed by atoms with Crippen molar-refractivity contribution in [2.24, 2.45) is 0 Å². The highest BCUT2D eigenvalue weighted by atomic mass is 16.5. The third-order valence-electron chi connectivity index (χ3n) is 4.61. The van der Waals surface area contributed by atoms with E-state index in [0.717, 1.165) is 29.8 Å². The molecular weight excluding hydrogens is 344 g/mol. The third-order valence-corrected chi connectivity index (χ3v) is 4.61. The molecule has 1 N–H and O–H groups in total. The molecule has 3 aromatic rings. The zero-order valence-corrected chi connectivity index (χ0v) is 15.0. The summed E-state index contributed by atoms with van der Waals surface area (Å²) in [6.45, 7) is 0.656. The Morgan fingerprint density at radius 2 is 1.96 bits per heavy atom. The molecule has 27 heavy (non-hydrogen) atoms. The van der Waals surface area contributed by atoms with Gasteiger partial charge in [-0.1, -0.05) is 23.4 Å². The van der Waals surface area contributed by atoms with Gasteiger partial charge in [-0.05, 0) is 49.2 Å². The number of carbonyl (C=O) groups excluding carboxylic acids is 1. The number of nitrogens with one attached hydrogen (secondary N) is 1. The van der Waals surface area contributed by atoms with Gasteiger partial charge in [-0.2, -0.15) is 4.98 Å². The van der Waals surface area contributed by atoms with E-state index in [2.05, 4.69) is 15.5 Å². The second kappa shape index (κ2) is 7.49. The number of rotatable bonds is 4. The van der Waals surface area contributed by atoms with Crippen LogP contribution in [0.4, 0.5) is 10.5 Å². The number of likely N-dealkylation sites (tertiary alicyclic amines) is 1. The molecule has 7 nitrogen and oxygen atoms in total. The van der Waals surface area contributed by atoms with Gasteiger partial charge in [0.2, 0.25) is 11.7 Å². The van der Waals surface area contributed by atoms with Gasteiger partial charge in [0.15, 0.2) is 0 Å². The SMILES string of the molecule is COc1ccc(-c2noc([C@@H]3CCCN3C(=O)Nc3ccccc3)n2)cc1. The number of urea groups is 1. The Morgan fingerprint density at radius 3 is 2.70 bits per heavy atom. The van der Waals surface area contributed by atoms with Crippen molar-refractivity contribution in [2.75, 3.05) is 19.0 Å². The number of hydrogen-bond donors (Lipinski definition) is 1. The molecule has 2 aromatic carbocycles. The summed E-state index contributed by atoms with van der Waals surface area (Å²) in [6.07, 6.45) is 1.69. The standard InChI is InChI=1S/C20H20N4O3/c1-26-16-11-9-14(10-12-16)18-22-19(27-23-18)17-8-5-13-24(17)20(25)21-15-6-3-2-4-7-15/h2-4,6-7,9-12,17H,5,8,13H2,1H3,(H,21,25)/t17-/m0/s1. The molecular formula is C20H20N4O3. The van der Waals surface area contributed by atoms with Crippen LogP contribution in [0.1, 0.15) is 24.8 Å². The lowest BCUT2D eigenvalue weighted by molar-refractivity contribution is 0.193. The first-order valence-electron chi connectivity index (χ1n) is 8.85. The minimum absolute atomic E-state index is 0.159. The first-order chi connectivity index (χ1) is 13.2. The lowest BCUT2D eigenvalue weighted by Gasteiger charge is -2.22. The van der Waals surface area contributed by atoms with Crippen molar-refractivity contribution in [1.29, 1.82) is 0 Å². The number of amides is 2. The monoisotopic (exact) mass is 364 g/mol. The third kappa shape index (κ3) is 3.62. The van der Waals surface area contributed by atoms with Crippen LogP contribution >= 0.6 is 0 Å². The van der Waals surface area contributed by atoms with E-state index in [-0.39, 0.29) is 12.1 Å². The number of carbonyl (C=O) groups is 1. The molecule has 1 aliphatic rings. The first kappa shape index (κ1) is 17.1. The quantitative estimate of drug-likeness (QED) is 0.753. The van der Waals surface area contributed by atoms with Crippen LogP contribution < -0.4 is 10.1 Å². The van der Waals surface area contributed by atoms with Gasteiger partial charge in [0.25, 0.3) is 0 Å². The molecule has 1 aliphatic heterocycles. The minimum Gasteiger partial charge on any atom is -0.497 e. The number of para-hydroxylation sites is 1. The molecule has 0 spiro atoms. The van der Waals surface area contributed by atoms with E-state index < -0.39 is 0 Å². The topological polar surface area (TPSA) is 80.5 Å². The van der Waals surface area contributed by atoms with Gasteiger partial charge in [-0.3, -0.25) is 0 Å². The Labute approximate surface area is 156 Å². The maximum atomic E-state index is 12.7. The maximum absolute atomic E-state index is 12.7. The summed E-state index contributed by atoms with van der Waals surface area (Å²) >= 11 is 0. The summed E-state index contributed by atoms with van der Waals surface area (Å²) in [5, 5.41) is 7.00. The molecule has 1 aromatic heterocycles. The van der Waals surface area contributed by atoms with E-state index in [1.54, 1.807) is 12.0 Å². The van der Waals surface area contributed by atoms with E-state index in [1.807, 2.05) is 54.6 Å². The van der Waals surface area contributed by atoms with Crippen LogP contribution in [0.15, 0.2) is 59.1 Å². The highest BCUT2D eigenvalue weighted by molar-refractivity contribution is 5.89. The van der Waals surface area contributed by atoms with Crippen molar-refractivity contribution >= 4 is 11.7 Å². The number of benzene rings is 2. The Bertz CT molecular complexity index is 908. The number of nitrogens with zero attached hydrogens (tertiary/aromatic N) is 3. The molecule has 0 bridgehead atoms. The second-order valence-corrected chi connectivity index (χ2v) is 6.33. The first-order valence-corrected chi connectivity index (χ1v) is 8.85. The van der Waals surface area contributed by atoms with Crippen molar-refractivity contribution in [3.63, 3.8) is 0 Å². The van der Waals surface area contributed by atoms with Gasteiger partial charge in [0.1, 0.15) is 11.8 Å². The number of methoxy groups -OCH3 is 1. The summed E-state index contributed by atoms with van der Waals surface area (Å²) < 4.78 is 10.6. The minimum atomic E-state index is -0.215. The largest absolute Gasteiger partial charge is 0.497 e. The fourth-order valence-electron chi connectivity index (χ4n) is 3.21. The van der Waals surface area contributed by atoms with Crippen LogP contribution in [-0.2, 0) is 0 Å². The van der Waals surface area contributed by atoms with Crippen LogP contribution in [0.2, 0.25) is 0 Å². The van der Waals surface area contributed by atoms with E-state index in [4.69, 9.17) is 9.26 Å². The smallest absolute Gasteiger partial charge is 0.322 e. The molecule has 0 saturated carbocycles. The number of anilines is 1. The molecule has 2 heterocycles. The molecule has 0 unspecified atom stereocenters. The zero-order chi connectivity index (χ0) is 18.6. The molecule has 0 aliphatic carbocycles. The summed E-state index contributed by atoms with van der Waals surface area (Å²) in [7, 11) is 1.62. The van der Waals surface area contributed by atoms with Gasteiger partial charge >= 0.3 is 6.03 Å². The zero-order valence-electron chi connectivity index (χ0n) is 15.0. The van der Waals surface area contributed by atoms with Crippen molar-refractivity contribution in [2.45, 2.75) is 18.9 Å². The Balaban J connectivity index is 1.50. The number of aromatic nitrogens is 2. The fourth-order valence-corrected chi connectivity index (χ4v) is 3.21. The lowest BCUT2D eigenvalue weighted by atomic mass is 10.2. The molecule has 4 rings (SSSR count). The van der Waals surface area contributed by atoms with E-state index in [9.17, 15) is 4.79 Å². The molecule has 2 amide bonds. The summed E-state index contributed by atoms with van der Waals surface area (Å²) in [5.74, 6) is 1.73. The van der Waals surface area contributed by atoms with E-state index >= 15 is 0 Å². The summed E-state index contributed by atoms with van der Waals surface area (Å²) in [5.41, 5.74) is 1.60. The maximum Gasteiger partial charge on any atom is 0.322 e. The lowest BCUT2D eigenvalue weighted by Crippen LogP contribution is -2.34. The Morgan fingerprint density at radius 1 is 1.19 bits per heavy atom. The van der Waals surface area contributed by atoms with Crippen molar-refractivity contribution < 1.29 is 14.1 Å². The fraction of sp³-hybridized carbons (Fsp3) is 0.250. The molecule has 138 valence electrons. The molecule has 1 saturated heterocycles. The van der Waals surface area contributed by atoms with Crippen LogP contribution in [0.3, 0.4) is 0 Å². The summed E-state index contributed by atoms with van der Waals surface area (Å²) in [6, 6.07) is 16.5. The van der Waals surface area contributed by atoms with Gasteiger partial charge in [-0.25, -0.2) is 4.79 Å². The number of hydrogen-bond acceptors (Lipinski definition) is 5. The molecule has 7 heteroatoms. The van der Waals surface area contributed by atoms with Gasteiger partial charge in [0.05, 0.1) is 7.11 Å². The van der Waals surface area contributed by atoms with Gasteiger partial charge < -0.3 is 19.5 Å². The normalized spacial score (nSPS) is 16.3. The molecule has 0 radical (unpaired) electrons. The predicted molar refractivity (Wildman–Crippen MR) is 100 cm³/mol. The second-order valence-electron chi connectivity index (χ2n) is 6.33. The van der Waals surface area contributed by atoms with E-state index in [1.165, 1.54) is 0 Å². The Kier molecular flexibility index (Phi) is 4.74. The van der Waals surface area contributed by atoms with Gasteiger partial charge in [0, 0.05) is 17.8 Å². The average Bonchev–Trinajstić information content (AvgIpc) is 3.38. The number of ether oxygens (including phenoxy) is 1. The van der Waals surface area contributed by atoms with Crippen molar-refractivity contribution in [1.82, 2.24) is 15.0 Å². The summed E-state index contributed by atoms with van der Waals surface area (Å²) in [4.78, 5) is 18.9. The van der Waals surface area contributed by atoms with Crippen molar-refractivity contribution in [3.8, 4) is 17.1 Å². The van der Waals surface area contributed by atoms with Crippen LogP contribution in [0.25, 0.3) is 11.4 Å². The van der Waals surface area contributed by atoms with Crippen LogP contribution in [0.5, 0.6) is 5.75 Å². The van der Waals surface area contributed by atoms with Crippen molar-refractivity contribution in [3.05, 3.63) is 60.5 Å². The van der Waals surface area contributed by atoms with E-state index in [0.29, 0.717) is 18.3 Å². The van der Waals surface area contributed by atoms with Gasteiger partial charge in [-0.15, -0.1) is 0 Å². The highest BCUT2D eigenvalue weighted by Crippen LogP contribution is 2.32. The Hall–Kier alpha value is -3.35. The average molecular weight is 364 g/mol. The van der Waals surface area contributed by atoms with Crippen LogP contribution in [-0.4, -0.2) is 34.7 Å². The van der Waals surface area contributed by atoms with Crippen LogP contribution in [0, 0.1) is 0 Å².